The van der Waals surface area contributed by atoms with Crippen molar-refractivity contribution in [2.45, 2.75) is 152 Å². The molecule has 6 heterocycles. The number of rotatable bonds is 21. The molecule has 3 aliphatic rings. The molecule has 3 fully saturated rings. The minimum Gasteiger partial charge on any atom is -0.507 e. The number of nitrogens with one attached hydrogen (secondary N) is 2. The fourth-order valence-corrected chi connectivity index (χ4v) is 10.7. The fraction of sp³-hybridized carbons (Fsp3) is 0.597. The highest BCUT2D eigenvalue weighted by molar-refractivity contribution is 8.68. The van der Waals surface area contributed by atoms with E-state index in [1.165, 1.54) is 59.6 Å². The molecule has 0 aliphatic carbocycles. The molecular weight excluding hydrogens is 1110 g/mol. The van der Waals surface area contributed by atoms with E-state index in [2.05, 4.69) is 83.3 Å². The summed E-state index contributed by atoms with van der Waals surface area (Å²) in [6.45, 7) is 34.2. The van der Waals surface area contributed by atoms with Crippen LogP contribution in [-0.2, 0) is 19.1 Å². The molecular formula is C62H98N10O8S3. The number of piperidine rings is 1. The van der Waals surface area contributed by atoms with Gasteiger partial charge in [-0.05, 0) is 99.9 Å². The first kappa shape index (κ1) is 71.7. The number of phenols is 1. The molecule has 18 nitrogen and oxygen atoms in total. The van der Waals surface area contributed by atoms with Gasteiger partial charge in [0.1, 0.15) is 30.8 Å². The van der Waals surface area contributed by atoms with Gasteiger partial charge in [0.05, 0.1) is 40.0 Å². The number of carbonyl (C=O) groups is 3. The second-order valence-corrected chi connectivity index (χ2v) is 23.0. The standard InChI is InChI=1S/C26H35N7O3.C14H25NO4S2.C13H14N2OS.C5H12.2C2H6/c1-27-26-23(18-22(28-29-26)21-4-2-3-5-24(21)34)33-13-11-32(12-14-33)19-20-6-9-31(10-7-20)15-17-35-25-8-16-36-30-25;1-9(2)7-13(16)15-6-5-12(8-15)19-14(17)18-10(3)11(4)21-20;1-9(14-7-16)11-3-5-12(6-4-11)13-10(2)15-8-17-13;1-3-5-4-2;2*1-2/h2-5,8,16,18,20,34H,6-7,9-15,17,19H2,1H3,(H,27,29);9-12,20H,5-8H2,1-4H3;3-9H,1-2H3,(H,14,16);3-5H2,1-2H3;2*1-2H3/t;;9-;;;/m..0.../s1. The van der Waals surface area contributed by atoms with Crippen LogP contribution in [0.5, 0.6) is 11.6 Å². The van der Waals surface area contributed by atoms with Crippen LogP contribution in [0.25, 0.3) is 21.7 Å². The Bertz CT molecular complexity index is 2520. The Kier molecular flexibility index (Phi) is 35.1. The third-order valence-electron chi connectivity index (χ3n) is 14.1. The number of para-hydroxylation sites is 1. The molecule has 0 spiro atoms. The van der Waals surface area contributed by atoms with E-state index in [1.807, 2.05) is 118 Å². The van der Waals surface area contributed by atoms with Crippen LogP contribution < -0.4 is 20.3 Å². The number of hydrogen-bond donors (Lipinski definition) is 4. The van der Waals surface area contributed by atoms with Crippen molar-refractivity contribution in [1.82, 2.24) is 40.4 Å². The third-order valence-corrected chi connectivity index (χ3v) is 16.8. The van der Waals surface area contributed by atoms with E-state index in [0.717, 1.165) is 87.4 Å². The number of benzene rings is 2. The van der Waals surface area contributed by atoms with Crippen molar-refractivity contribution in [3.63, 3.8) is 0 Å². The van der Waals surface area contributed by atoms with E-state index in [-0.39, 0.29) is 35.2 Å². The first-order valence-corrected chi connectivity index (χ1v) is 32.7. The van der Waals surface area contributed by atoms with E-state index < -0.39 is 6.16 Å². The molecule has 0 saturated carbocycles. The summed E-state index contributed by atoms with van der Waals surface area (Å²) in [5, 5.41) is 28.8. The van der Waals surface area contributed by atoms with Crippen molar-refractivity contribution < 1.29 is 38.2 Å². The number of anilines is 2. The first-order chi connectivity index (χ1) is 40.2. The zero-order chi connectivity index (χ0) is 61.1. The Morgan fingerprint density at radius 3 is 2.16 bits per heavy atom. The molecule has 0 bridgehead atoms. The number of carbonyl (C=O) groups excluding carboxylic acids is 3. The first-order valence-electron chi connectivity index (χ1n) is 29.9. The molecule has 4 atom stereocenters. The molecule has 5 aromatic rings. The van der Waals surface area contributed by atoms with Gasteiger partial charge in [0, 0.05) is 82.6 Å². The monoisotopic (exact) mass is 1210 g/mol. The fourth-order valence-electron chi connectivity index (χ4n) is 9.19. The second kappa shape index (κ2) is 40.6. The number of phenolic OH excluding ortho intramolecular Hbond substituents is 1. The number of aromatic nitrogens is 4. The van der Waals surface area contributed by atoms with E-state index in [1.54, 1.807) is 28.4 Å². The van der Waals surface area contributed by atoms with Crippen LogP contribution in [0, 0.1) is 18.8 Å². The van der Waals surface area contributed by atoms with Gasteiger partial charge in [-0.15, -0.1) is 33.2 Å². The Morgan fingerprint density at radius 2 is 1.59 bits per heavy atom. The molecule has 462 valence electrons. The molecule has 8 rings (SSSR count). The van der Waals surface area contributed by atoms with Gasteiger partial charge in [0.15, 0.2) is 5.82 Å². The van der Waals surface area contributed by atoms with Crippen molar-refractivity contribution in [2.24, 2.45) is 11.8 Å². The smallest absolute Gasteiger partial charge is 0.507 e. The van der Waals surface area contributed by atoms with Gasteiger partial charge < -0.3 is 44.3 Å². The summed E-state index contributed by atoms with van der Waals surface area (Å²) >= 11 is 5.74. The number of ether oxygens (including phenoxy) is 3. The van der Waals surface area contributed by atoms with Gasteiger partial charge in [-0.25, -0.2) is 9.78 Å². The van der Waals surface area contributed by atoms with Crippen molar-refractivity contribution in [1.29, 1.82) is 0 Å². The highest BCUT2D eigenvalue weighted by atomic mass is 33.1. The molecule has 3 aromatic heterocycles. The van der Waals surface area contributed by atoms with Gasteiger partial charge in [0.25, 0.3) is 5.88 Å². The number of piperazine rings is 1. The Balaban J connectivity index is 0.000000327. The number of nitrogens with zero attached hydrogens (tertiary/aromatic N) is 8. The summed E-state index contributed by atoms with van der Waals surface area (Å²) in [5.41, 5.74) is 7.60. The third kappa shape index (κ3) is 25.3. The number of thiol groups is 1. The number of aromatic hydroxyl groups is 1. The maximum absolute atomic E-state index is 11.9. The largest absolute Gasteiger partial charge is 0.508 e. The lowest BCUT2D eigenvalue weighted by Gasteiger charge is -2.39. The minimum atomic E-state index is -0.667. The van der Waals surface area contributed by atoms with Gasteiger partial charge >= 0.3 is 6.16 Å². The lowest BCUT2D eigenvalue weighted by atomic mass is 9.96. The Labute approximate surface area is 509 Å². The van der Waals surface area contributed by atoms with Gasteiger partial charge in [0.2, 0.25) is 12.3 Å². The topological polar surface area (TPSA) is 201 Å². The summed E-state index contributed by atoms with van der Waals surface area (Å²) in [7, 11) is 3.21. The number of hydrogen-bond acceptors (Lipinski definition) is 19. The second-order valence-electron chi connectivity index (χ2n) is 20.6. The van der Waals surface area contributed by atoms with Crippen LogP contribution in [-0.4, -0.2) is 155 Å². The molecule has 3 unspecified atom stereocenters. The number of unbranched alkanes of at least 4 members (excludes halogenated alkanes) is 2. The summed E-state index contributed by atoms with van der Waals surface area (Å²) in [5.74, 6) is 2.74. The highest BCUT2D eigenvalue weighted by Gasteiger charge is 2.31. The Hall–Kier alpha value is -5.61. The average molecular weight is 1210 g/mol. The van der Waals surface area contributed by atoms with Crippen LogP contribution >= 0.6 is 33.8 Å². The van der Waals surface area contributed by atoms with Crippen LogP contribution in [0.4, 0.5) is 16.3 Å². The zero-order valence-electron chi connectivity index (χ0n) is 51.8. The van der Waals surface area contributed by atoms with Crippen molar-refractivity contribution in [2.75, 3.05) is 89.3 Å². The number of likely N-dealkylation sites (tertiary alicyclic amines) is 2. The number of amides is 2. The summed E-state index contributed by atoms with van der Waals surface area (Å²) in [6, 6.07) is 19.3. The van der Waals surface area contributed by atoms with Crippen LogP contribution in [0.3, 0.4) is 0 Å². The normalized spacial score (nSPS) is 16.3. The summed E-state index contributed by atoms with van der Waals surface area (Å²) in [4.78, 5) is 48.7. The van der Waals surface area contributed by atoms with Crippen LogP contribution in [0.1, 0.15) is 138 Å². The minimum absolute atomic E-state index is 0.0455. The summed E-state index contributed by atoms with van der Waals surface area (Å²) in [6.07, 6.45) is 8.80. The maximum Gasteiger partial charge on any atom is 0.508 e. The average Bonchev–Trinajstić information content (AvgIpc) is 4.31. The van der Waals surface area contributed by atoms with Crippen LogP contribution in [0.15, 0.2) is 77.0 Å². The molecule has 21 heteroatoms. The maximum atomic E-state index is 11.9. The van der Waals surface area contributed by atoms with E-state index in [9.17, 15) is 19.5 Å². The van der Waals surface area contributed by atoms with Crippen LogP contribution in [0.2, 0.25) is 0 Å². The lowest BCUT2D eigenvalue weighted by molar-refractivity contribution is -0.131. The van der Waals surface area contributed by atoms with Gasteiger partial charge in [-0.3, -0.25) is 19.4 Å². The molecule has 3 aliphatic heterocycles. The van der Waals surface area contributed by atoms with Gasteiger partial charge in [-0.2, -0.15) is 0 Å². The molecule has 83 heavy (non-hydrogen) atoms. The molecule has 2 aromatic carbocycles. The van der Waals surface area contributed by atoms with Gasteiger partial charge in [-0.1, -0.05) is 122 Å². The van der Waals surface area contributed by atoms with Crippen molar-refractivity contribution >= 4 is 63.8 Å². The zero-order valence-corrected chi connectivity index (χ0v) is 54.4. The predicted octanol–water partition coefficient (Wildman–Crippen LogP) is 13.1. The molecule has 3 saturated heterocycles. The number of aryl methyl sites for hydroxylation is 1. The molecule has 3 N–H and O–H groups in total. The molecule has 0 radical (unpaired) electrons. The SMILES string of the molecule is CC.CC.CC(C)CC(=O)N1CCC(OC(=O)OC(C)C(C)SS)C1.CCCCC.CNc1nnc(-c2ccccc2O)cc1N1CCN(CC2CCN(CCOc3ccon3)CC2)CC1.Cc1ncsc1-c1ccc([C@H](C)NC=O)cc1. The van der Waals surface area contributed by atoms with E-state index in [4.69, 9.17) is 18.7 Å². The van der Waals surface area contributed by atoms with Crippen molar-refractivity contribution in [3.05, 3.63) is 83.7 Å². The lowest BCUT2D eigenvalue weighted by Crippen LogP contribution is -2.49. The van der Waals surface area contributed by atoms with E-state index in [0.29, 0.717) is 55.6 Å². The number of thiazole rings is 1. The highest BCUT2D eigenvalue weighted by Crippen LogP contribution is 2.33. The predicted molar refractivity (Wildman–Crippen MR) is 344 cm³/mol. The summed E-state index contributed by atoms with van der Waals surface area (Å²) < 4.78 is 20.9. The molecule has 2 amide bonds. The quantitative estimate of drug-likeness (QED) is 0.0234. The van der Waals surface area contributed by atoms with E-state index >= 15 is 0 Å². The van der Waals surface area contributed by atoms with Crippen molar-refractivity contribution in [3.8, 4) is 33.3 Å². The Morgan fingerprint density at radius 1 is 0.904 bits per heavy atom.